The van der Waals surface area contributed by atoms with E-state index in [2.05, 4.69) is 4.98 Å². The Morgan fingerprint density at radius 2 is 2.12 bits per heavy atom. The van der Waals surface area contributed by atoms with Crippen molar-refractivity contribution in [3.8, 4) is 0 Å². The first kappa shape index (κ1) is 10.3. The Labute approximate surface area is 89.0 Å². The molecule has 84 valence electrons. The number of fused-ring (bicyclic) bond motifs is 1. The molecule has 1 atom stereocenters. The van der Waals surface area contributed by atoms with E-state index < -0.39 is 29.1 Å². The summed E-state index contributed by atoms with van der Waals surface area (Å²) in [7, 11) is 0. The summed E-state index contributed by atoms with van der Waals surface area (Å²) in [6.45, 7) is 0. The van der Waals surface area contributed by atoms with Crippen LogP contribution >= 0.6 is 0 Å². The summed E-state index contributed by atoms with van der Waals surface area (Å²) in [5, 5.41) is 17.6. The van der Waals surface area contributed by atoms with Crippen LogP contribution in [-0.2, 0) is 11.2 Å². The molecule has 0 bridgehead atoms. The zero-order valence-electron chi connectivity index (χ0n) is 8.08. The fraction of sp³-hybridized carbons (Fsp3) is 0.333. The zero-order chi connectivity index (χ0) is 11.9. The highest BCUT2D eigenvalue weighted by Gasteiger charge is 2.31. The molecule has 0 unspecified atom stereocenters. The van der Waals surface area contributed by atoms with Crippen LogP contribution in [0, 0.1) is 0 Å². The minimum absolute atomic E-state index is 0.265. The van der Waals surface area contributed by atoms with Crippen molar-refractivity contribution in [2.75, 3.05) is 0 Å². The number of aromatic carboxylic acids is 1. The van der Waals surface area contributed by atoms with Gasteiger partial charge in [0.05, 0.1) is 0 Å². The lowest BCUT2D eigenvalue weighted by Crippen LogP contribution is -2.32. The maximum absolute atomic E-state index is 11.7. The van der Waals surface area contributed by atoms with Gasteiger partial charge in [0, 0.05) is 12.6 Å². The number of aryl methyl sites for hydroxylation is 1. The Hall–Kier alpha value is -2.18. The Morgan fingerprint density at radius 1 is 1.44 bits per heavy atom. The molecule has 0 amide bonds. The molecule has 1 aliphatic heterocycles. The molecule has 0 aromatic carbocycles. The summed E-state index contributed by atoms with van der Waals surface area (Å²) in [5.41, 5.74) is -1.31. The molecule has 7 nitrogen and oxygen atoms in total. The van der Waals surface area contributed by atoms with Gasteiger partial charge in [0.2, 0.25) is 0 Å². The summed E-state index contributed by atoms with van der Waals surface area (Å²) in [4.78, 5) is 37.0. The molecule has 2 rings (SSSR count). The van der Waals surface area contributed by atoms with E-state index >= 15 is 0 Å². The molecule has 1 aromatic heterocycles. The van der Waals surface area contributed by atoms with E-state index in [0.717, 1.165) is 10.8 Å². The molecule has 2 N–H and O–H groups in total. The van der Waals surface area contributed by atoms with Crippen molar-refractivity contribution in [3.63, 3.8) is 0 Å². The molecule has 2 heterocycles. The van der Waals surface area contributed by atoms with E-state index in [9.17, 15) is 14.4 Å². The van der Waals surface area contributed by atoms with Gasteiger partial charge < -0.3 is 10.2 Å². The second-order valence-electron chi connectivity index (χ2n) is 3.46. The smallest absolute Gasteiger partial charge is 0.342 e. The van der Waals surface area contributed by atoms with E-state index in [1.807, 2.05) is 0 Å². The second-order valence-corrected chi connectivity index (χ2v) is 3.46. The Bertz CT molecular complexity index is 533. The van der Waals surface area contributed by atoms with Gasteiger partial charge >= 0.3 is 11.9 Å². The third-order valence-electron chi connectivity index (χ3n) is 2.54. The summed E-state index contributed by atoms with van der Waals surface area (Å²) in [6, 6.07) is -1.01. The number of hydrogen-bond donors (Lipinski definition) is 2. The quantitative estimate of drug-likeness (QED) is 0.701. The maximum Gasteiger partial charge on any atom is 0.342 e. The molecular formula is C9H8N2O5. The molecule has 0 fully saturated rings. The number of carboxylic acids is 2. The predicted molar refractivity (Wildman–Crippen MR) is 50.5 cm³/mol. The number of aromatic nitrogens is 2. The molecule has 0 spiro atoms. The van der Waals surface area contributed by atoms with E-state index in [0.29, 0.717) is 12.2 Å². The van der Waals surface area contributed by atoms with Crippen molar-refractivity contribution in [3.05, 3.63) is 27.9 Å². The highest BCUT2D eigenvalue weighted by molar-refractivity contribution is 5.86. The van der Waals surface area contributed by atoms with Crippen molar-refractivity contribution in [1.29, 1.82) is 0 Å². The molecule has 1 aliphatic rings. The van der Waals surface area contributed by atoms with Gasteiger partial charge in [-0.3, -0.25) is 9.36 Å². The average molecular weight is 224 g/mol. The van der Waals surface area contributed by atoms with Crippen LogP contribution in [-0.4, -0.2) is 31.7 Å². The van der Waals surface area contributed by atoms with Crippen molar-refractivity contribution in [2.45, 2.75) is 18.9 Å². The van der Waals surface area contributed by atoms with Crippen molar-refractivity contribution >= 4 is 11.9 Å². The molecule has 0 saturated heterocycles. The van der Waals surface area contributed by atoms with Gasteiger partial charge in [-0.25, -0.2) is 14.6 Å². The van der Waals surface area contributed by atoms with Crippen LogP contribution in [0.15, 0.2) is 11.0 Å². The topological polar surface area (TPSA) is 109 Å². The first-order valence-corrected chi connectivity index (χ1v) is 4.59. The summed E-state index contributed by atoms with van der Waals surface area (Å²) >= 11 is 0. The van der Waals surface area contributed by atoms with Gasteiger partial charge in [-0.05, 0) is 6.42 Å². The van der Waals surface area contributed by atoms with Gasteiger partial charge in [-0.2, -0.15) is 0 Å². The van der Waals surface area contributed by atoms with E-state index in [1.165, 1.54) is 0 Å². The van der Waals surface area contributed by atoms with Crippen LogP contribution in [0.2, 0.25) is 0 Å². The van der Waals surface area contributed by atoms with Crippen LogP contribution in [0.1, 0.15) is 28.6 Å². The SMILES string of the molecule is O=C(O)c1cnc2n(c1=O)[C@H](C(=O)O)CC2. The average Bonchev–Trinajstić information content (AvgIpc) is 2.61. The number of aliphatic carboxylic acids is 1. The summed E-state index contributed by atoms with van der Waals surface area (Å²) in [5.74, 6) is -2.23. The minimum atomic E-state index is -1.40. The molecule has 1 aromatic rings. The first-order chi connectivity index (χ1) is 7.52. The lowest BCUT2D eigenvalue weighted by molar-refractivity contribution is -0.140. The summed E-state index contributed by atoms with van der Waals surface area (Å²) in [6.07, 6.45) is 1.60. The van der Waals surface area contributed by atoms with Crippen molar-refractivity contribution in [2.24, 2.45) is 0 Å². The predicted octanol–water partition coefficient (Wildman–Crippen LogP) is -0.487. The minimum Gasteiger partial charge on any atom is -0.480 e. The molecule has 16 heavy (non-hydrogen) atoms. The maximum atomic E-state index is 11.7. The zero-order valence-corrected chi connectivity index (χ0v) is 8.08. The van der Waals surface area contributed by atoms with Gasteiger partial charge in [-0.15, -0.1) is 0 Å². The van der Waals surface area contributed by atoms with Crippen molar-refractivity contribution < 1.29 is 19.8 Å². The standard InChI is InChI=1S/C9H8N2O5/c12-7-4(8(13)14)3-10-6-2-1-5(9(15)16)11(6)7/h3,5H,1-2H2,(H,13,14)(H,15,16)/t5-/m0/s1. The number of carboxylic acid groups (broad SMARTS) is 2. The lowest BCUT2D eigenvalue weighted by Gasteiger charge is -2.09. The van der Waals surface area contributed by atoms with Gasteiger partial charge in [-0.1, -0.05) is 0 Å². The molecular weight excluding hydrogens is 216 g/mol. The van der Waals surface area contributed by atoms with E-state index in [4.69, 9.17) is 10.2 Å². The number of nitrogens with zero attached hydrogens (tertiary/aromatic N) is 2. The monoisotopic (exact) mass is 224 g/mol. The Balaban J connectivity index is 2.65. The molecule has 0 aliphatic carbocycles. The van der Waals surface area contributed by atoms with Gasteiger partial charge in [0.25, 0.3) is 5.56 Å². The van der Waals surface area contributed by atoms with Crippen LogP contribution in [0.5, 0.6) is 0 Å². The van der Waals surface area contributed by atoms with Crippen LogP contribution in [0.25, 0.3) is 0 Å². The third-order valence-corrected chi connectivity index (χ3v) is 2.54. The van der Waals surface area contributed by atoms with Crippen molar-refractivity contribution in [1.82, 2.24) is 9.55 Å². The van der Waals surface area contributed by atoms with E-state index in [-0.39, 0.29) is 6.42 Å². The van der Waals surface area contributed by atoms with E-state index in [1.54, 1.807) is 0 Å². The highest BCUT2D eigenvalue weighted by atomic mass is 16.4. The van der Waals surface area contributed by atoms with Crippen LogP contribution in [0.4, 0.5) is 0 Å². The summed E-state index contributed by atoms with van der Waals surface area (Å²) < 4.78 is 0.950. The first-order valence-electron chi connectivity index (χ1n) is 4.59. The molecule has 0 radical (unpaired) electrons. The van der Waals surface area contributed by atoms with Crippen LogP contribution < -0.4 is 5.56 Å². The molecule has 0 saturated carbocycles. The fourth-order valence-electron chi connectivity index (χ4n) is 1.79. The highest BCUT2D eigenvalue weighted by Crippen LogP contribution is 2.22. The Kier molecular flexibility index (Phi) is 2.22. The third kappa shape index (κ3) is 1.37. The lowest BCUT2D eigenvalue weighted by atomic mass is 10.2. The molecule has 7 heteroatoms. The van der Waals surface area contributed by atoms with Gasteiger partial charge in [0.1, 0.15) is 17.4 Å². The normalized spacial score (nSPS) is 18.1. The number of rotatable bonds is 2. The number of carbonyl (C=O) groups is 2. The van der Waals surface area contributed by atoms with Gasteiger partial charge in [0.15, 0.2) is 0 Å². The number of hydrogen-bond acceptors (Lipinski definition) is 4. The van der Waals surface area contributed by atoms with Crippen LogP contribution in [0.3, 0.4) is 0 Å². The largest absolute Gasteiger partial charge is 0.480 e. The Morgan fingerprint density at radius 3 is 2.69 bits per heavy atom. The second kappa shape index (κ2) is 3.44. The fourth-order valence-corrected chi connectivity index (χ4v) is 1.79.